The van der Waals surface area contributed by atoms with Gasteiger partial charge in [-0.15, -0.1) is 16.8 Å². The fourth-order valence-corrected chi connectivity index (χ4v) is 4.50. The fraction of sp³-hybridized carbons (Fsp3) is 0.182. The van der Waals surface area contributed by atoms with Gasteiger partial charge in [0.15, 0.2) is 16.8 Å². The van der Waals surface area contributed by atoms with Crippen molar-refractivity contribution < 1.29 is 9.59 Å². The minimum atomic E-state index is -0.460. The zero-order chi connectivity index (χ0) is 23.3. The molecule has 166 valence electrons. The minimum absolute atomic E-state index is 0.0177. The molecule has 3 rings (SSSR count). The first-order valence-corrected chi connectivity index (χ1v) is 12.0. The van der Waals surface area contributed by atoms with Crippen LogP contribution in [0.5, 0.6) is 0 Å². The molecular formula is C22H19BrCl2N4O2S. The lowest BCUT2D eigenvalue weighted by atomic mass is 10.2. The lowest BCUT2D eigenvalue weighted by Gasteiger charge is -2.16. The molecule has 2 aromatic carbocycles. The van der Waals surface area contributed by atoms with Gasteiger partial charge in [-0.05, 0) is 37.3 Å². The largest absolute Gasteiger partial charge is 0.342 e. The highest BCUT2D eigenvalue weighted by Crippen LogP contribution is 2.24. The minimum Gasteiger partial charge on any atom is -0.342 e. The molecule has 1 amide bonds. The number of carbonyl (C=O) groups is 2. The van der Waals surface area contributed by atoms with Gasteiger partial charge >= 0.3 is 0 Å². The van der Waals surface area contributed by atoms with Crippen LogP contribution in [-0.4, -0.2) is 32.2 Å². The van der Waals surface area contributed by atoms with E-state index in [1.54, 1.807) is 37.3 Å². The quantitative estimate of drug-likeness (QED) is 0.200. The average Bonchev–Trinajstić information content (AvgIpc) is 3.15. The van der Waals surface area contributed by atoms with Gasteiger partial charge in [0.2, 0.25) is 0 Å². The number of rotatable bonds is 9. The van der Waals surface area contributed by atoms with Gasteiger partial charge in [-0.1, -0.05) is 69.1 Å². The highest BCUT2D eigenvalue weighted by Gasteiger charge is 2.21. The summed E-state index contributed by atoms with van der Waals surface area (Å²) in [4.78, 5) is 25.2. The van der Waals surface area contributed by atoms with Crippen LogP contribution in [0.3, 0.4) is 0 Å². The third-order valence-corrected chi connectivity index (χ3v) is 6.51. The van der Waals surface area contributed by atoms with Crippen LogP contribution in [0.2, 0.25) is 10.0 Å². The van der Waals surface area contributed by atoms with Crippen molar-refractivity contribution in [1.29, 1.82) is 0 Å². The maximum Gasteiger partial charge on any atom is 0.253 e. The van der Waals surface area contributed by atoms with Crippen LogP contribution in [0, 0.1) is 0 Å². The topological polar surface area (TPSA) is 76.9 Å². The molecule has 32 heavy (non-hydrogen) atoms. The van der Waals surface area contributed by atoms with Crippen molar-refractivity contribution in [3.63, 3.8) is 0 Å². The van der Waals surface area contributed by atoms with Crippen molar-refractivity contribution >= 4 is 62.6 Å². The Morgan fingerprint density at radius 3 is 2.59 bits per heavy atom. The summed E-state index contributed by atoms with van der Waals surface area (Å²) in [6.45, 7) is 6.01. The molecule has 1 aromatic heterocycles. The number of Topliss-reactive ketones (excluding diaryl/α,β-unsaturated/α-hetero) is 1. The maximum absolute atomic E-state index is 12.7. The highest BCUT2D eigenvalue weighted by molar-refractivity contribution is 9.10. The molecule has 0 bridgehead atoms. The van der Waals surface area contributed by atoms with Gasteiger partial charge in [0.25, 0.3) is 5.91 Å². The Balaban J connectivity index is 1.73. The number of thioether (sulfide) groups is 1. The van der Waals surface area contributed by atoms with Crippen molar-refractivity contribution in [2.24, 2.45) is 0 Å². The summed E-state index contributed by atoms with van der Waals surface area (Å²) in [5.41, 5.74) is 0.934. The van der Waals surface area contributed by atoms with E-state index in [-0.39, 0.29) is 22.5 Å². The van der Waals surface area contributed by atoms with E-state index >= 15 is 0 Å². The summed E-state index contributed by atoms with van der Waals surface area (Å²) in [6, 6.07) is 11.4. The second kappa shape index (κ2) is 11.1. The van der Waals surface area contributed by atoms with E-state index in [4.69, 9.17) is 23.2 Å². The van der Waals surface area contributed by atoms with Crippen LogP contribution in [-0.2, 0) is 6.54 Å². The number of ketones is 1. The number of hydrogen-bond donors (Lipinski definition) is 1. The summed E-state index contributed by atoms with van der Waals surface area (Å²) in [7, 11) is 0. The van der Waals surface area contributed by atoms with Crippen LogP contribution in [0.4, 0.5) is 0 Å². The maximum atomic E-state index is 12.7. The van der Waals surface area contributed by atoms with Gasteiger partial charge in [-0.3, -0.25) is 9.59 Å². The fourth-order valence-electron chi connectivity index (χ4n) is 2.89. The monoisotopic (exact) mass is 552 g/mol. The zero-order valence-corrected chi connectivity index (χ0v) is 20.9. The van der Waals surface area contributed by atoms with Gasteiger partial charge in [0.05, 0.1) is 22.4 Å². The van der Waals surface area contributed by atoms with Crippen LogP contribution in [0.15, 0.2) is 64.7 Å². The van der Waals surface area contributed by atoms with Gasteiger partial charge in [-0.25, -0.2) is 0 Å². The van der Waals surface area contributed by atoms with Crippen LogP contribution in [0.1, 0.15) is 39.5 Å². The first-order chi connectivity index (χ1) is 15.3. The Bertz CT molecular complexity index is 1150. The first kappa shape index (κ1) is 24.5. The van der Waals surface area contributed by atoms with Crippen molar-refractivity contribution in [1.82, 2.24) is 20.1 Å². The van der Waals surface area contributed by atoms with Gasteiger partial charge in [0, 0.05) is 21.6 Å². The Morgan fingerprint density at radius 2 is 1.94 bits per heavy atom. The predicted molar refractivity (Wildman–Crippen MR) is 132 cm³/mol. The molecule has 0 spiro atoms. The van der Waals surface area contributed by atoms with E-state index in [2.05, 4.69) is 38.0 Å². The Hall–Kier alpha value is -2.13. The molecule has 10 heteroatoms. The van der Waals surface area contributed by atoms with E-state index in [0.29, 0.717) is 33.7 Å². The van der Waals surface area contributed by atoms with E-state index in [9.17, 15) is 9.59 Å². The van der Waals surface area contributed by atoms with Crippen molar-refractivity contribution in [2.75, 3.05) is 5.75 Å². The van der Waals surface area contributed by atoms with Crippen LogP contribution >= 0.6 is 50.9 Å². The van der Waals surface area contributed by atoms with Crippen LogP contribution < -0.4 is 5.32 Å². The molecule has 0 fully saturated rings. The third-order valence-electron chi connectivity index (χ3n) is 4.47. The number of allylic oxidation sites excluding steroid dienone is 1. The molecular weight excluding hydrogens is 535 g/mol. The number of benzene rings is 2. The molecule has 3 aromatic rings. The van der Waals surface area contributed by atoms with E-state index < -0.39 is 6.04 Å². The Morgan fingerprint density at radius 1 is 1.22 bits per heavy atom. The summed E-state index contributed by atoms with van der Waals surface area (Å²) in [5.74, 6) is 0.377. The number of carbonyl (C=O) groups excluding carboxylic acids is 2. The molecule has 1 heterocycles. The first-order valence-electron chi connectivity index (χ1n) is 9.51. The SMILES string of the molecule is C=CCn1c(SCC(=O)c2ccc(Br)cc2)nnc1C(C)NC(=O)c1ccc(Cl)cc1Cl. The van der Waals surface area contributed by atoms with Crippen LogP contribution in [0.25, 0.3) is 0 Å². The summed E-state index contributed by atoms with van der Waals surface area (Å²) >= 11 is 16.7. The smallest absolute Gasteiger partial charge is 0.253 e. The molecule has 0 aliphatic rings. The molecule has 1 N–H and O–H groups in total. The number of hydrogen-bond acceptors (Lipinski definition) is 5. The van der Waals surface area contributed by atoms with Gasteiger partial charge < -0.3 is 9.88 Å². The number of amides is 1. The second-order valence-electron chi connectivity index (χ2n) is 6.78. The Kier molecular flexibility index (Phi) is 8.53. The van der Waals surface area contributed by atoms with Gasteiger partial charge in [0.1, 0.15) is 0 Å². The molecule has 6 nitrogen and oxygen atoms in total. The standard InChI is InChI=1S/C22H19BrCl2N4O2S/c1-3-10-29-20(13(2)26-21(31)17-9-8-16(24)11-18(17)25)27-28-22(29)32-12-19(30)14-4-6-15(23)7-5-14/h3-9,11,13H,1,10,12H2,2H3,(H,26,31). The zero-order valence-electron chi connectivity index (χ0n) is 17.0. The summed E-state index contributed by atoms with van der Waals surface area (Å²) in [5, 5.41) is 12.6. The van der Waals surface area contributed by atoms with Crippen molar-refractivity contribution in [3.8, 4) is 0 Å². The average molecular weight is 554 g/mol. The second-order valence-corrected chi connectivity index (χ2v) is 9.48. The Labute approximate surface area is 208 Å². The van der Waals surface area contributed by atoms with E-state index in [1.165, 1.54) is 17.8 Å². The third kappa shape index (κ3) is 6.01. The normalized spacial score (nSPS) is 11.8. The molecule has 0 saturated carbocycles. The lowest BCUT2D eigenvalue weighted by Crippen LogP contribution is -2.29. The number of halogens is 3. The van der Waals surface area contributed by atoms with E-state index in [0.717, 1.165) is 4.47 Å². The molecule has 1 unspecified atom stereocenters. The van der Waals surface area contributed by atoms with Gasteiger partial charge in [-0.2, -0.15) is 0 Å². The van der Waals surface area contributed by atoms with E-state index in [1.807, 2.05) is 16.7 Å². The molecule has 0 aliphatic carbocycles. The summed E-state index contributed by atoms with van der Waals surface area (Å²) in [6.07, 6.45) is 1.71. The van der Waals surface area contributed by atoms with Crippen molar-refractivity contribution in [2.45, 2.75) is 24.7 Å². The van der Waals surface area contributed by atoms with Crippen molar-refractivity contribution in [3.05, 3.63) is 86.6 Å². The molecule has 0 radical (unpaired) electrons. The predicted octanol–water partition coefficient (Wildman–Crippen LogP) is 6.00. The number of aromatic nitrogens is 3. The highest BCUT2D eigenvalue weighted by atomic mass is 79.9. The number of nitrogens with one attached hydrogen (secondary N) is 1. The molecule has 0 aliphatic heterocycles. The lowest BCUT2D eigenvalue weighted by molar-refractivity contribution is 0.0937. The number of nitrogens with zero attached hydrogens (tertiary/aromatic N) is 3. The molecule has 1 atom stereocenters. The summed E-state index contributed by atoms with van der Waals surface area (Å²) < 4.78 is 2.73. The molecule has 0 saturated heterocycles.